The Hall–Kier alpha value is -5.42. The highest BCUT2D eigenvalue weighted by molar-refractivity contribution is 6.13. The minimum Gasteiger partial charge on any atom is -0.404 e. The Morgan fingerprint density at radius 2 is 1.33 bits per heavy atom. The molecule has 3 aromatic heterocycles. The van der Waals surface area contributed by atoms with E-state index >= 15 is 0 Å². The fourth-order valence-corrected chi connectivity index (χ4v) is 12.9. The maximum atomic E-state index is 7.33. The lowest BCUT2D eigenvalue weighted by atomic mass is 9.69. The lowest BCUT2D eigenvalue weighted by molar-refractivity contribution is -0.936. The van der Waals surface area contributed by atoms with Crippen LogP contribution in [0.5, 0.6) is 11.6 Å². The summed E-state index contributed by atoms with van der Waals surface area (Å²) in [5, 5.41) is 2.59. The Bertz CT molecular complexity index is 2920. The molecule has 1 atom stereocenters. The summed E-state index contributed by atoms with van der Waals surface area (Å²) in [6.45, 7) is 4.89. The molecule has 0 bridgehead atoms. The van der Waals surface area contributed by atoms with Gasteiger partial charge in [-0.15, -0.1) is 9.13 Å². The number of ether oxygens (including phenoxy) is 1. The lowest BCUT2D eigenvalue weighted by Gasteiger charge is -2.45. The standard InChI is InChI=1S/C50H44N4O/c1-49(2)35-18-10-12-20-38(35)52-43-27-31(29-13-5-3-6-14-29)25-40-41-26-32(30-15-7-4-8-16-30)28-44-54(41)50(53(40)43)45-39(23-22-36(49)48(45)52)51-37-19-11-9-17-33(37)34-21-24-42(55-44)46(50)47(34)51/h9-12,17-30H,3-8,13-16H2,1-2H3/q+2. The Labute approximate surface area is 321 Å². The van der Waals surface area contributed by atoms with E-state index in [0.717, 1.165) is 11.6 Å². The first-order valence-electron chi connectivity index (χ1n) is 21.1. The Balaban J connectivity index is 1.22. The minimum atomic E-state index is -0.650. The Kier molecular flexibility index (Phi) is 5.36. The quantitative estimate of drug-likeness (QED) is 0.166. The summed E-state index contributed by atoms with van der Waals surface area (Å²) < 4.78 is 15.4. The maximum absolute atomic E-state index is 7.33. The predicted octanol–water partition coefficient (Wildman–Crippen LogP) is 11.6. The average molecular weight is 717 g/mol. The molecule has 2 saturated carbocycles. The van der Waals surface area contributed by atoms with Crippen LogP contribution in [0, 0.1) is 0 Å². The van der Waals surface area contributed by atoms with Gasteiger partial charge in [0.2, 0.25) is 5.69 Å². The van der Waals surface area contributed by atoms with E-state index in [2.05, 4.69) is 130 Å². The van der Waals surface area contributed by atoms with Gasteiger partial charge in [-0.1, -0.05) is 94.8 Å². The molecule has 5 heteroatoms. The van der Waals surface area contributed by atoms with Crippen molar-refractivity contribution in [1.82, 2.24) is 4.57 Å². The molecule has 1 spiro atoms. The van der Waals surface area contributed by atoms with Crippen molar-refractivity contribution in [1.29, 1.82) is 0 Å². The smallest absolute Gasteiger partial charge is 0.378 e. The van der Waals surface area contributed by atoms with E-state index in [0.29, 0.717) is 11.8 Å². The second kappa shape index (κ2) is 9.87. The monoisotopic (exact) mass is 716 g/mol. The number of anilines is 3. The SMILES string of the molecule is CC1(C)c2ccccc2N2c3c1ccc1c3C34c5c(ccc6c7ccccc7n-1c56)Oc1cc(C5CCCCC5)cc([n+]13)-c1cc(C3CCCCC3)cc2[n+]14. The molecule has 268 valence electrons. The van der Waals surface area contributed by atoms with Gasteiger partial charge in [0.05, 0.1) is 22.8 Å². The van der Waals surface area contributed by atoms with Gasteiger partial charge in [-0.3, -0.25) is 0 Å². The van der Waals surface area contributed by atoms with Gasteiger partial charge >= 0.3 is 11.5 Å². The molecule has 5 nitrogen and oxygen atoms in total. The molecule has 0 N–H and O–H groups in total. The first-order valence-corrected chi connectivity index (χ1v) is 21.1. The highest BCUT2D eigenvalue weighted by Gasteiger charge is 2.73. The van der Waals surface area contributed by atoms with E-state index in [9.17, 15) is 0 Å². The third-order valence-electron chi connectivity index (χ3n) is 15.2. The molecular weight excluding hydrogens is 673 g/mol. The van der Waals surface area contributed by atoms with Crippen LogP contribution in [0.25, 0.3) is 38.9 Å². The molecule has 7 aliphatic rings. The lowest BCUT2D eigenvalue weighted by Crippen LogP contribution is -2.75. The van der Waals surface area contributed by atoms with E-state index in [1.165, 1.54) is 154 Å². The van der Waals surface area contributed by atoms with E-state index in [1.54, 1.807) is 0 Å². The summed E-state index contributed by atoms with van der Waals surface area (Å²) >= 11 is 0. The largest absolute Gasteiger partial charge is 0.404 e. The van der Waals surface area contributed by atoms with Crippen molar-refractivity contribution in [2.45, 2.75) is 101 Å². The molecule has 55 heavy (non-hydrogen) atoms. The number of benzene rings is 4. The number of para-hydroxylation sites is 2. The van der Waals surface area contributed by atoms with E-state index in [4.69, 9.17) is 4.74 Å². The fourth-order valence-electron chi connectivity index (χ4n) is 12.9. The molecule has 14 rings (SSSR count). The van der Waals surface area contributed by atoms with Crippen LogP contribution in [-0.4, -0.2) is 4.57 Å². The van der Waals surface area contributed by atoms with Crippen molar-refractivity contribution < 1.29 is 13.9 Å². The van der Waals surface area contributed by atoms with Crippen molar-refractivity contribution in [3.05, 3.63) is 130 Å². The molecule has 5 aliphatic heterocycles. The molecule has 2 fully saturated rings. The van der Waals surface area contributed by atoms with Gasteiger partial charge in [0.1, 0.15) is 16.8 Å². The predicted molar refractivity (Wildman–Crippen MR) is 217 cm³/mol. The average Bonchev–Trinajstić information content (AvgIpc) is 3.73. The van der Waals surface area contributed by atoms with Gasteiger partial charge in [0.15, 0.2) is 11.4 Å². The highest BCUT2D eigenvalue weighted by Crippen LogP contribution is 2.64. The molecule has 0 radical (unpaired) electrons. The Morgan fingerprint density at radius 1 is 0.618 bits per heavy atom. The van der Waals surface area contributed by atoms with Crippen molar-refractivity contribution in [2.75, 3.05) is 4.90 Å². The summed E-state index contributed by atoms with van der Waals surface area (Å²) in [4.78, 5) is 2.69. The van der Waals surface area contributed by atoms with E-state index < -0.39 is 5.66 Å². The zero-order valence-electron chi connectivity index (χ0n) is 31.7. The zero-order chi connectivity index (χ0) is 35.9. The number of hydrogen-bond donors (Lipinski definition) is 0. The van der Waals surface area contributed by atoms with Crippen LogP contribution in [0.3, 0.4) is 0 Å². The molecule has 4 aromatic carbocycles. The number of aromatic nitrogens is 3. The van der Waals surface area contributed by atoms with Crippen molar-refractivity contribution in [3.63, 3.8) is 0 Å². The minimum absolute atomic E-state index is 0.196. The third kappa shape index (κ3) is 3.31. The van der Waals surface area contributed by atoms with Gasteiger partial charge in [-0.25, -0.2) is 0 Å². The zero-order valence-corrected chi connectivity index (χ0v) is 31.7. The number of nitrogens with zero attached hydrogens (tertiary/aromatic N) is 4. The fraction of sp³-hybridized carbons (Fsp3) is 0.320. The second-order valence-corrected chi connectivity index (χ2v) is 18.2. The number of hydrogen-bond acceptors (Lipinski definition) is 2. The summed E-state index contributed by atoms with van der Waals surface area (Å²) in [6, 6.07) is 38.1. The first kappa shape index (κ1) is 29.9. The number of rotatable bonds is 2. The van der Waals surface area contributed by atoms with Gasteiger partial charge in [0, 0.05) is 39.4 Å². The van der Waals surface area contributed by atoms with Gasteiger partial charge in [0.25, 0.3) is 11.5 Å². The normalized spacial score (nSPS) is 21.8. The molecule has 7 aromatic rings. The van der Waals surface area contributed by atoms with Crippen LogP contribution >= 0.6 is 0 Å². The molecule has 0 amide bonds. The molecule has 1 unspecified atom stereocenters. The van der Waals surface area contributed by atoms with Gasteiger partial charge in [-0.2, -0.15) is 4.90 Å². The van der Waals surface area contributed by atoms with Gasteiger partial charge < -0.3 is 9.30 Å². The van der Waals surface area contributed by atoms with Crippen LogP contribution in [0.15, 0.2) is 97.1 Å². The van der Waals surface area contributed by atoms with Crippen LogP contribution in [0.4, 0.5) is 17.2 Å². The molecular formula is C50H44N4O+2. The second-order valence-electron chi connectivity index (χ2n) is 18.2. The van der Waals surface area contributed by atoms with Crippen LogP contribution in [-0.2, 0) is 11.1 Å². The summed E-state index contributed by atoms with van der Waals surface area (Å²) in [5.74, 6) is 4.39. The summed E-state index contributed by atoms with van der Waals surface area (Å²) in [7, 11) is 0. The van der Waals surface area contributed by atoms with E-state index in [1.807, 2.05) is 0 Å². The number of fused-ring (bicyclic) bond motifs is 8. The maximum Gasteiger partial charge on any atom is 0.378 e. The molecule has 2 aliphatic carbocycles. The highest BCUT2D eigenvalue weighted by atomic mass is 16.5. The molecule has 8 heterocycles. The van der Waals surface area contributed by atoms with Crippen LogP contribution < -0.4 is 18.8 Å². The topological polar surface area (TPSA) is 25.2 Å². The van der Waals surface area contributed by atoms with Crippen LogP contribution in [0.1, 0.15) is 123 Å². The summed E-state index contributed by atoms with van der Waals surface area (Å²) in [5.41, 5.74) is 16.6. The van der Waals surface area contributed by atoms with Crippen molar-refractivity contribution in [2.24, 2.45) is 0 Å². The Morgan fingerprint density at radius 3 is 2.13 bits per heavy atom. The first-order chi connectivity index (χ1) is 27.0. The molecule has 0 saturated heterocycles. The third-order valence-corrected chi connectivity index (χ3v) is 15.2. The van der Waals surface area contributed by atoms with E-state index in [-0.39, 0.29) is 5.41 Å². The summed E-state index contributed by atoms with van der Waals surface area (Å²) in [6.07, 6.45) is 13.0. The van der Waals surface area contributed by atoms with Crippen molar-refractivity contribution >= 4 is 39.0 Å². The number of pyridine rings is 2. The van der Waals surface area contributed by atoms with Crippen LogP contribution in [0.2, 0.25) is 0 Å². The van der Waals surface area contributed by atoms with Crippen molar-refractivity contribution in [3.8, 4) is 28.7 Å². The van der Waals surface area contributed by atoms with Gasteiger partial charge in [-0.05, 0) is 85.0 Å².